The maximum Gasteiger partial charge on any atom is 0.414 e. The van der Waals surface area contributed by atoms with E-state index in [1.165, 1.54) is 6.92 Å². The molecule has 1 atom stereocenters. The molecule has 1 aliphatic carbocycles. The van der Waals surface area contributed by atoms with Gasteiger partial charge in [-0.25, -0.2) is 9.69 Å². The minimum absolute atomic E-state index is 0.0923. The molecule has 1 unspecified atom stereocenters. The molecular weight excluding hydrogens is 302 g/mol. The van der Waals surface area contributed by atoms with Crippen molar-refractivity contribution in [1.82, 2.24) is 4.90 Å². The monoisotopic (exact) mass is 315 g/mol. The summed E-state index contributed by atoms with van der Waals surface area (Å²) in [6.45, 7) is 1.35. The van der Waals surface area contributed by atoms with Crippen LogP contribution in [0.1, 0.15) is 24.0 Å². The van der Waals surface area contributed by atoms with E-state index in [0.29, 0.717) is 5.02 Å². The number of fused-ring (bicyclic) bond motifs is 3. The van der Waals surface area contributed by atoms with E-state index in [1.54, 1.807) is 0 Å². The number of carbonyl (C=O) groups is 2. The van der Waals surface area contributed by atoms with Crippen molar-refractivity contribution in [1.29, 1.82) is 0 Å². The molecule has 1 aliphatic rings. The van der Waals surface area contributed by atoms with E-state index in [0.717, 1.165) is 27.2 Å². The first-order chi connectivity index (χ1) is 10.5. The summed E-state index contributed by atoms with van der Waals surface area (Å²) in [6.07, 6.45) is -1.24. The number of benzene rings is 2. The van der Waals surface area contributed by atoms with Gasteiger partial charge in [-0.2, -0.15) is 0 Å². The number of hydrogen-bond acceptors (Lipinski definition) is 2. The van der Waals surface area contributed by atoms with Crippen LogP contribution in [0.3, 0.4) is 0 Å². The van der Waals surface area contributed by atoms with Gasteiger partial charge in [-0.1, -0.05) is 41.9 Å². The molecule has 0 fully saturated rings. The molecule has 1 N–H and O–H groups in total. The fourth-order valence-corrected chi connectivity index (χ4v) is 3.18. The standard InChI is InChI=1S/C17H14ClNO3/c1-10(20)19(17(21)22)9-16-13-5-3-2-4-12(13)14-7-6-11(18)8-15(14)16/h2-8,16H,9H2,1H3,(H,21,22). The lowest BCUT2D eigenvalue weighted by molar-refractivity contribution is -0.126. The van der Waals surface area contributed by atoms with Crippen LogP contribution in [0.4, 0.5) is 4.79 Å². The highest BCUT2D eigenvalue weighted by Crippen LogP contribution is 2.45. The van der Waals surface area contributed by atoms with Gasteiger partial charge in [0.15, 0.2) is 0 Å². The Bertz CT molecular complexity index is 758. The molecule has 0 spiro atoms. The van der Waals surface area contributed by atoms with Crippen molar-refractivity contribution in [3.05, 3.63) is 58.6 Å². The summed E-state index contributed by atoms with van der Waals surface area (Å²) < 4.78 is 0. The number of nitrogens with zero attached hydrogens (tertiary/aromatic N) is 1. The van der Waals surface area contributed by atoms with Gasteiger partial charge in [-0.05, 0) is 34.4 Å². The van der Waals surface area contributed by atoms with Crippen LogP contribution >= 0.6 is 11.6 Å². The minimum Gasteiger partial charge on any atom is -0.465 e. The van der Waals surface area contributed by atoms with Crippen LogP contribution in [0.2, 0.25) is 5.02 Å². The Hall–Kier alpha value is -2.33. The summed E-state index contributed by atoms with van der Waals surface area (Å²) in [5.74, 6) is -0.676. The number of hydrogen-bond donors (Lipinski definition) is 1. The van der Waals surface area contributed by atoms with E-state index in [4.69, 9.17) is 11.6 Å². The molecule has 2 amide bonds. The van der Waals surface area contributed by atoms with Crippen LogP contribution < -0.4 is 0 Å². The third-order valence-corrected chi connectivity index (χ3v) is 4.23. The molecule has 0 aliphatic heterocycles. The number of halogens is 1. The van der Waals surface area contributed by atoms with Gasteiger partial charge < -0.3 is 5.11 Å². The third-order valence-electron chi connectivity index (χ3n) is 3.99. The first kappa shape index (κ1) is 14.6. The molecule has 4 nitrogen and oxygen atoms in total. The lowest BCUT2D eigenvalue weighted by Gasteiger charge is -2.21. The van der Waals surface area contributed by atoms with E-state index in [1.807, 2.05) is 42.5 Å². The summed E-state index contributed by atoms with van der Waals surface area (Å²) in [7, 11) is 0. The number of rotatable bonds is 2. The predicted molar refractivity (Wildman–Crippen MR) is 84.1 cm³/mol. The summed E-state index contributed by atoms with van der Waals surface area (Å²) in [4.78, 5) is 23.7. The largest absolute Gasteiger partial charge is 0.465 e. The molecule has 5 heteroatoms. The number of carbonyl (C=O) groups excluding carboxylic acids is 1. The molecule has 0 saturated carbocycles. The van der Waals surface area contributed by atoms with E-state index in [-0.39, 0.29) is 12.5 Å². The van der Waals surface area contributed by atoms with Gasteiger partial charge in [0, 0.05) is 24.4 Å². The highest BCUT2D eigenvalue weighted by atomic mass is 35.5. The Balaban J connectivity index is 2.09. The van der Waals surface area contributed by atoms with Crippen LogP contribution in [0, 0.1) is 0 Å². The second-order valence-electron chi connectivity index (χ2n) is 5.28. The van der Waals surface area contributed by atoms with Crippen LogP contribution in [-0.2, 0) is 4.79 Å². The van der Waals surface area contributed by atoms with Crippen molar-refractivity contribution in [2.75, 3.05) is 6.54 Å². The quantitative estimate of drug-likeness (QED) is 0.912. The topological polar surface area (TPSA) is 57.6 Å². The smallest absolute Gasteiger partial charge is 0.414 e. The Morgan fingerprint density at radius 1 is 1.14 bits per heavy atom. The van der Waals surface area contributed by atoms with Gasteiger partial charge in [-0.3, -0.25) is 4.79 Å². The molecule has 0 bridgehead atoms. The molecule has 2 aromatic carbocycles. The minimum atomic E-state index is -1.24. The Morgan fingerprint density at radius 3 is 2.50 bits per heavy atom. The molecule has 3 rings (SSSR count). The van der Waals surface area contributed by atoms with Crippen molar-refractivity contribution in [2.45, 2.75) is 12.8 Å². The van der Waals surface area contributed by atoms with Gasteiger partial charge in [0.2, 0.25) is 5.91 Å². The Kier molecular flexibility index (Phi) is 3.62. The van der Waals surface area contributed by atoms with E-state index < -0.39 is 12.0 Å². The Labute approximate surface area is 132 Å². The van der Waals surface area contributed by atoms with Crippen molar-refractivity contribution in [2.24, 2.45) is 0 Å². The zero-order valence-corrected chi connectivity index (χ0v) is 12.7. The SMILES string of the molecule is CC(=O)N(CC1c2ccccc2-c2ccc(Cl)cc21)C(=O)O. The fraction of sp³-hybridized carbons (Fsp3) is 0.176. The zero-order valence-electron chi connectivity index (χ0n) is 11.9. The van der Waals surface area contributed by atoms with Crippen LogP contribution in [-0.4, -0.2) is 28.6 Å². The second-order valence-corrected chi connectivity index (χ2v) is 5.72. The van der Waals surface area contributed by atoms with Crippen molar-refractivity contribution < 1.29 is 14.7 Å². The summed E-state index contributed by atoms with van der Waals surface area (Å²) in [5, 5.41) is 9.83. The fourth-order valence-electron chi connectivity index (χ4n) is 3.00. The molecule has 0 saturated heterocycles. The summed E-state index contributed by atoms with van der Waals surface area (Å²) >= 11 is 6.10. The van der Waals surface area contributed by atoms with Crippen LogP contribution in [0.15, 0.2) is 42.5 Å². The second kappa shape index (κ2) is 5.46. The summed E-state index contributed by atoms with van der Waals surface area (Å²) in [6, 6.07) is 13.4. The van der Waals surface area contributed by atoms with Gasteiger partial charge in [-0.15, -0.1) is 0 Å². The molecule has 0 aromatic heterocycles. The molecule has 22 heavy (non-hydrogen) atoms. The average Bonchev–Trinajstić information content (AvgIpc) is 2.77. The maximum absolute atomic E-state index is 11.6. The van der Waals surface area contributed by atoms with Crippen molar-refractivity contribution in [3.8, 4) is 11.1 Å². The first-order valence-electron chi connectivity index (χ1n) is 6.89. The Morgan fingerprint density at radius 2 is 1.82 bits per heavy atom. The number of amides is 2. The highest BCUT2D eigenvalue weighted by molar-refractivity contribution is 6.30. The van der Waals surface area contributed by atoms with Gasteiger partial charge in [0.25, 0.3) is 0 Å². The molecule has 2 aromatic rings. The van der Waals surface area contributed by atoms with Gasteiger partial charge >= 0.3 is 6.09 Å². The normalized spacial score (nSPS) is 15.1. The predicted octanol–water partition coefficient (Wildman–Crippen LogP) is 3.98. The van der Waals surface area contributed by atoms with Crippen LogP contribution in [0.25, 0.3) is 11.1 Å². The molecule has 112 valence electrons. The maximum atomic E-state index is 11.6. The average molecular weight is 316 g/mol. The van der Waals surface area contributed by atoms with Gasteiger partial charge in [0.1, 0.15) is 0 Å². The molecule has 0 heterocycles. The van der Waals surface area contributed by atoms with E-state index in [9.17, 15) is 14.7 Å². The van der Waals surface area contributed by atoms with E-state index in [2.05, 4.69) is 0 Å². The first-order valence-corrected chi connectivity index (χ1v) is 7.26. The molecule has 0 radical (unpaired) electrons. The lowest BCUT2D eigenvalue weighted by atomic mass is 9.96. The highest BCUT2D eigenvalue weighted by Gasteiger charge is 2.32. The summed E-state index contributed by atoms with van der Waals surface area (Å²) in [5.41, 5.74) is 4.08. The van der Waals surface area contributed by atoms with Crippen LogP contribution in [0.5, 0.6) is 0 Å². The number of carboxylic acid groups (broad SMARTS) is 1. The lowest BCUT2D eigenvalue weighted by Crippen LogP contribution is -2.37. The van der Waals surface area contributed by atoms with Crippen molar-refractivity contribution >= 4 is 23.6 Å². The number of imide groups is 1. The van der Waals surface area contributed by atoms with Gasteiger partial charge in [0.05, 0.1) is 0 Å². The molecular formula is C17H14ClNO3. The third kappa shape index (κ3) is 2.35. The van der Waals surface area contributed by atoms with Crippen molar-refractivity contribution in [3.63, 3.8) is 0 Å². The zero-order chi connectivity index (χ0) is 15.9. The van der Waals surface area contributed by atoms with E-state index >= 15 is 0 Å².